The number of carboxylic acids is 1. The number of aliphatic carboxylic acids is 1. The van der Waals surface area contributed by atoms with Crippen molar-refractivity contribution < 1.29 is 14.7 Å². The van der Waals surface area contributed by atoms with Gasteiger partial charge in [-0.2, -0.15) is 0 Å². The quantitative estimate of drug-likeness (QED) is 0.902. The number of nitrogens with one attached hydrogen (secondary N) is 1. The Bertz CT molecular complexity index is 699. The molecule has 21 heavy (non-hydrogen) atoms. The van der Waals surface area contributed by atoms with Gasteiger partial charge in [-0.25, -0.2) is 0 Å². The first-order chi connectivity index (χ1) is 10.0. The highest BCUT2D eigenvalue weighted by Gasteiger charge is 2.32. The van der Waals surface area contributed by atoms with Crippen LogP contribution in [0.5, 0.6) is 0 Å². The van der Waals surface area contributed by atoms with Crippen LogP contribution in [0.1, 0.15) is 17.7 Å². The second kappa shape index (κ2) is 5.24. The average Bonchev–Trinajstić information content (AvgIpc) is 2.70. The summed E-state index contributed by atoms with van der Waals surface area (Å²) in [5.74, 6) is -0.612. The Morgan fingerprint density at radius 2 is 2.05 bits per heavy atom. The molecule has 0 saturated carbocycles. The highest BCUT2D eigenvalue weighted by Crippen LogP contribution is 2.25. The van der Waals surface area contributed by atoms with Gasteiger partial charge in [-0.05, 0) is 18.6 Å². The molecule has 1 aromatic heterocycles. The van der Waals surface area contributed by atoms with Crippen molar-refractivity contribution in [2.24, 2.45) is 5.92 Å². The summed E-state index contributed by atoms with van der Waals surface area (Å²) in [7, 11) is 0. The Balaban J connectivity index is 1.68. The molecule has 2 N–H and O–H groups in total. The Morgan fingerprint density at radius 3 is 2.76 bits per heavy atom. The fourth-order valence-electron chi connectivity index (χ4n) is 2.98. The van der Waals surface area contributed by atoms with Crippen LogP contribution >= 0.6 is 0 Å². The maximum absolute atomic E-state index is 12.3. The van der Waals surface area contributed by atoms with Crippen LogP contribution in [0.4, 0.5) is 0 Å². The SMILES string of the molecule is Cc1[nH]c2ccccc2c1CC(=O)N1CC(CC(=O)O)C1. The molecule has 1 aliphatic heterocycles. The van der Waals surface area contributed by atoms with Gasteiger partial charge >= 0.3 is 5.97 Å². The first-order valence-electron chi connectivity index (χ1n) is 7.10. The zero-order valence-corrected chi connectivity index (χ0v) is 11.9. The number of aromatic amines is 1. The summed E-state index contributed by atoms with van der Waals surface area (Å²) in [6, 6.07) is 7.96. The molecule has 5 heteroatoms. The minimum atomic E-state index is -0.792. The second-order valence-corrected chi connectivity index (χ2v) is 5.71. The monoisotopic (exact) mass is 286 g/mol. The number of aryl methyl sites for hydroxylation is 1. The van der Waals surface area contributed by atoms with E-state index in [1.807, 2.05) is 31.2 Å². The predicted octanol–water partition coefficient (Wildman–Crippen LogP) is 1.95. The smallest absolute Gasteiger partial charge is 0.303 e. The Morgan fingerprint density at radius 1 is 1.33 bits per heavy atom. The van der Waals surface area contributed by atoms with Gasteiger partial charge in [-0.15, -0.1) is 0 Å². The molecule has 1 fully saturated rings. The van der Waals surface area contributed by atoms with Gasteiger partial charge in [0.25, 0.3) is 0 Å². The molecular weight excluding hydrogens is 268 g/mol. The van der Waals surface area contributed by atoms with Crippen molar-refractivity contribution in [3.63, 3.8) is 0 Å². The van der Waals surface area contributed by atoms with E-state index in [-0.39, 0.29) is 18.2 Å². The summed E-state index contributed by atoms with van der Waals surface area (Å²) in [5.41, 5.74) is 3.11. The van der Waals surface area contributed by atoms with E-state index in [0.29, 0.717) is 19.5 Å². The number of aromatic nitrogens is 1. The molecule has 0 atom stereocenters. The van der Waals surface area contributed by atoms with Gasteiger partial charge in [0.2, 0.25) is 5.91 Å². The Hall–Kier alpha value is -2.30. The second-order valence-electron chi connectivity index (χ2n) is 5.71. The molecule has 0 spiro atoms. The summed E-state index contributed by atoms with van der Waals surface area (Å²) in [6.07, 6.45) is 0.519. The molecule has 0 radical (unpaired) electrons. The third-order valence-corrected chi connectivity index (χ3v) is 4.13. The van der Waals surface area contributed by atoms with Crippen LogP contribution in [-0.2, 0) is 16.0 Å². The van der Waals surface area contributed by atoms with E-state index in [0.717, 1.165) is 22.2 Å². The normalized spacial score (nSPS) is 15.2. The number of hydrogen-bond acceptors (Lipinski definition) is 2. The standard InChI is InChI=1S/C16H18N2O3/c1-10-13(12-4-2-3-5-14(12)17-10)7-15(19)18-8-11(9-18)6-16(20)21/h2-5,11,17H,6-9H2,1H3,(H,20,21). The average molecular weight is 286 g/mol. The summed E-state index contributed by atoms with van der Waals surface area (Å²) in [5, 5.41) is 9.82. The van der Waals surface area contributed by atoms with E-state index in [9.17, 15) is 9.59 Å². The summed E-state index contributed by atoms with van der Waals surface area (Å²) in [4.78, 5) is 27.9. The van der Waals surface area contributed by atoms with Gasteiger partial charge in [-0.3, -0.25) is 9.59 Å². The lowest BCUT2D eigenvalue weighted by atomic mass is 9.95. The van der Waals surface area contributed by atoms with E-state index < -0.39 is 5.97 Å². The van der Waals surface area contributed by atoms with E-state index >= 15 is 0 Å². The Labute approximate surface area is 122 Å². The number of carboxylic acid groups (broad SMARTS) is 1. The molecule has 0 bridgehead atoms. The number of carbonyl (C=O) groups is 2. The summed E-state index contributed by atoms with van der Waals surface area (Å²) >= 11 is 0. The number of H-pyrrole nitrogens is 1. The number of fused-ring (bicyclic) bond motifs is 1. The third kappa shape index (κ3) is 2.63. The maximum Gasteiger partial charge on any atom is 0.303 e. The minimum absolute atomic E-state index is 0.0736. The fraction of sp³-hybridized carbons (Fsp3) is 0.375. The van der Waals surface area contributed by atoms with Crippen LogP contribution in [0.15, 0.2) is 24.3 Å². The number of para-hydroxylation sites is 1. The van der Waals surface area contributed by atoms with Gasteiger partial charge < -0.3 is 15.0 Å². The molecule has 0 unspecified atom stereocenters. The first kappa shape index (κ1) is 13.7. The molecular formula is C16H18N2O3. The van der Waals surface area contributed by atoms with Crippen molar-refractivity contribution in [1.29, 1.82) is 0 Å². The fourth-order valence-corrected chi connectivity index (χ4v) is 2.98. The van der Waals surface area contributed by atoms with Crippen molar-refractivity contribution in [2.75, 3.05) is 13.1 Å². The highest BCUT2D eigenvalue weighted by molar-refractivity contribution is 5.90. The zero-order chi connectivity index (χ0) is 15.0. The van der Waals surface area contributed by atoms with E-state index in [2.05, 4.69) is 4.98 Å². The molecule has 5 nitrogen and oxygen atoms in total. The summed E-state index contributed by atoms with van der Waals surface area (Å²) < 4.78 is 0. The predicted molar refractivity (Wildman–Crippen MR) is 79.1 cm³/mol. The number of benzene rings is 1. The number of carbonyl (C=O) groups excluding carboxylic acids is 1. The van der Waals surface area contributed by atoms with Crippen LogP contribution in [0.25, 0.3) is 10.9 Å². The van der Waals surface area contributed by atoms with Crippen LogP contribution in [0, 0.1) is 12.8 Å². The number of rotatable bonds is 4. The van der Waals surface area contributed by atoms with Crippen molar-refractivity contribution >= 4 is 22.8 Å². The number of nitrogens with zero attached hydrogens (tertiary/aromatic N) is 1. The lowest BCUT2D eigenvalue weighted by Gasteiger charge is -2.38. The van der Waals surface area contributed by atoms with Crippen molar-refractivity contribution in [3.8, 4) is 0 Å². The number of amides is 1. The highest BCUT2D eigenvalue weighted by atomic mass is 16.4. The van der Waals surface area contributed by atoms with Crippen molar-refractivity contribution in [3.05, 3.63) is 35.5 Å². The van der Waals surface area contributed by atoms with Gasteiger partial charge in [0.05, 0.1) is 12.8 Å². The molecule has 110 valence electrons. The summed E-state index contributed by atoms with van der Waals surface area (Å²) in [6.45, 7) is 3.10. The molecule has 2 heterocycles. The van der Waals surface area contributed by atoms with Crippen molar-refractivity contribution in [2.45, 2.75) is 19.8 Å². The number of likely N-dealkylation sites (tertiary alicyclic amines) is 1. The van der Waals surface area contributed by atoms with Gasteiger partial charge in [0.1, 0.15) is 0 Å². The first-order valence-corrected chi connectivity index (χ1v) is 7.10. The van der Waals surface area contributed by atoms with Crippen LogP contribution in [-0.4, -0.2) is 40.0 Å². The van der Waals surface area contributed by atoms with E-state index in [1.54, 1.807) is 4.90 Å². The van der Waals surface area contributed by atoms with Gasteiger partial charge in [-0.1, -0.05) is 18.2 Å². The van der Waals surface area contributed by atoms with E-state index in [1.165, 1.54) is 0 Å². The molecule has 1 saturated heterocycles. The van der Waals surface area contributed by atoms with E-state index in [4.69, 9.17) is 5.11 Å². The van der Waals surface area contributed by atoms with Gasteiger partial charge in [0, 0.05) is 35.6 Å². The lowest BCUT2D eigenvalue weighted by Crippen LogP contribution is -2.51. The van der Waals surface area contributed by atoms with Crippen LogP contribution < -0.4 is 0 Å². The number of hydrogen-bond donors (Lipinski definition) is 2. The zero-order valence-electron chi connectivity index (χ0n) is 11.9. The molecule has 2 aromatic rings. The molecule has 1 amide bonds. The Kier molecular flexibility index (Phi) is 3.41. The topological polar surface area (TPSA) is 73.4 Å². The molecule has 0 aliphatic carbocycles. The van der Waals surface area contributed by atoms with Gasteiger partial charge in [0.15, 0.2) is 0 Å². The maximum atomic E-state index is 12.3. The minimum Gasteiger partial charge on any atom is -0.481 e. The molecule has 3 rings (SSSR count). The molecule has 1 aliphatic rings. The molecule has 1 aromatic carbocycles. The lowest BCUT2D eigenvalue weighted by molar-refractivity contribution is -0.144. The largest absolute Gasteiger partial charge is 0.481 e. The third-order valence-electron chi connectivity index (χ3n) is 4.13. The van der Waals surface area contributed by atoms with Crippen molar-refractivity contribution in [1.82, 2.24) is 9.88 Å². The van der Waals surface area contributed by atoms with Crippen LogP contribution in [0.2, 0.25) is 0 Å². The van der Waals surface area contributed by atoms with Crippen LogP contribution in [0.3, 0.4) is 0 Å².